The zero-order valence-corrected chi connectivity index (χ0v) is 14.9. The van der Waals surface area contributed by atoms with Crippen molar-refractivity contribution in [1.29, 1.82) is 0 Å². The average molecular weight is 358 g/mol. The number of anilines is 1. The van der Waals surface area contributed by atoms with E-state index in [2.05, 4.69) is 5.32 Å². The molecule has 1 aliphatic rings. The highest BCUT2D eigenvalue weighted by atomic mass is 32.2. The van der Waals surface area contributed by atoms with Crippen LogP contribution in [0, 0.1) is 13.8 Å². The van der Waals surface area contributed by atoms with Gasteiger partial charge in [0.05, 0.1) is 5.56 Å². The third-order valence-electron chi connectivity index (χ3n) is 4.36. The van der Waals surface area contributed by atoms with Crippen LogP contribution in [-0.2, 0) is 14.8 Å². The van der Waals surface area contributed by atoms with E-state index in [1.54, 1.807) is 24.3 Å². The Labute approximate surface area is 146 Å². The second-order valence-corrected chi connectivity index (χ2v) is 7.85. The summed E-state index contributed by atoms with van der Waals surface area (Å²) in [6.07, 6.45) is 0. The van der Waals surface area contributed by atoms with Gasteiger partial charge in [-0.3, -0.25) is 9.59 Å². The number of rotatable bonds is 3. The van der Waals surface area contributed by atoms with E-state index in [-0.39, 0.29) is 10.5 Å². The van der Waals surface area contributed by atoms with Crippen LogP contribution in [0.4, 0.5) is 5.69 Å². The smallest absolute Gasteiger partial charge is 0.269 e. The number of carbonyl (C=O) groups is 2. The molecule has 1 atom stereocenters. The highest BCUT2D eigenvalue weighted by molar-refractivity contribution is 7.90. The maximum atomic E-state index is 12.6. The first-order valence-corrected chi connectivity index (χ1v) is 9.23. The van der Waals surface area contributed by atoms with E-state index < -0.39 is 27.9 Å². The summed E-state index contributed by atoms with van der Waals surface area (Å²) in [5.74, 6) is -1.24. The predicted molar refractivity (Wildman–Crippen MR) is 93.8 cm³/mol. The molecule has 0 spiro atoms. The van der Waals surface area contributed by atoms with Crippen LogP contribution in [0.2, 0.25) is 0 Å². The molecule has 2 aromatic carbocycles. The fourth-order valence-corrected chi connectivity index (χ4v) is 4.48. The lowest BCUT2D eigenvalue weighted by atomic mass is 10.1. The number of nitrogens with one attached hydrogen (secondary N) is 1. The van der Waals surface area contributed by atoms with Crippen molar-refractivity contribution in [3.63, 3.8) is 0 Å². The number of fused-ring (bicyclic) bond motifs is 1. The van der Waals surface area contributed by atoms with Gasteiger partial charge in [-0.15, -0.1) is 0 Å². The molecule has 25 heavy (non-hydrogen) atoms. The van der Waals surface area contributed by atoms with Crippen LogP contribution in [-0.4, -0.2) is 30.6 Å². The van der Waals surface area contributed by atoms with Crippen LogP contribution in [0.25, 0.3) is 0 Å². The maximum Gasteiger partial charge on any atom is 0.269 e. The molecule has 2 aromatic rings. The standard InChI is InChI=1S/C18H18N2O4S/c1-11-8-9-14(10-12(11)2)19-17(21)13(3)20-18(22)15-6-4-5-7-16(15)25(20,23)24/h4-10,13H,1-3H3,(H,19,21). The van der Waals surface area contributed by atoms with E-state index >= 15 is 0 Å². The Morgan fingerprint density at radius 3 is 2.40 bits per heavy atom. The minimum Gasteiger partial charge on any atom is -0.324 e. The van der Waals surface area contributed by atoms with Gasteiger partial charge in [0, 0.05) is 5.69 Å². The van der Waals surface area contributed by atoms with Gasteiger partial charge >= 0.3 is 0 Å². The summed E-state index contributed by atoms with van der Waals surface area (Å²) >= 11 is 0. The first-order valence-electron chi connectivity index (χ1n) is 7.79. The van der Waals surface area contributed by atoms with Crippen molar-refractivity contribution in [3.8, 4) is 0 Å². The fourth-order valence-electron chi connectivity index (χ4n) is 2.76. The highest BCUT2D eigenvalue weighted by Gasteiger charge is 2.45. The second-order valence-electron chi connectivity index (χ2n) is 6.07. The Bertz CT molecular complexity index is 982. The first-order chi connectivity index (χ1) is 11.7. The minimum absolute atomic E-state index is 0.0640. The third kappa shape index (κ3) is 2.80. The van der Waals surface area contributed by atoms with E-state index in [0.29, 0.717) is 9.99 Å². The Hall–Kier alpha value is -2.67. The summed E-state index contributed by atoms with van der Waals surface area (Å²) in [5.41, 5.74) is 2.73. The van der Waals surface area contributed by atoms with E-state index in [4.69, 9.17) is 0 Å². The van der Waals surface area contributed by atoms with E-state index in [0.717, 1.165) is 11.1 Å². The van der Waals surface area contributed by atoms with Crippen LogP contribution in [0.5, 0.6) is 0 Å². The predicted octanol–water partition coefficient (Wildman–Crippen LogP) is 2.48. The normalized spacial score (nSPS) is 16.4. The van der Waals surface area contributed by atoms with Crippen molar-refractivity contribution in [1.82, 2.24) is 4.31 Å². The van der Waals surface area contributed by atoms with Gasteiger partial charge in [-0.25, -0.2) is 12.7 Å². The number of benzene rings is 2. The molecule has 1 N–H and O–H groups in total. The lowest BCUT2D eigenvalue weighted by Crippen LogP contribution is -2.45. The molecule has 6 nitrogen and oxygen atoms in total. The molecular formula is C18H18N2O4S. The Kier molecular flexibility index (Phi) is 4.12. The van der Waals surface area contributed by atoms with Gasteiger partial charge in [-0.1, -0.05) is 18.2 Å². The fraction of sp³-hybridized carbons (Fsp3) is 0.222. The molecule has 1 unspecified atom stereocenters. The molecule has 0 radical (unpaired) electrons. The molecule has 0 aliphatic carbocycles. The monoisotopic (exact) mass is 358 g/mol. The van der Waals surface area contributed by atoms with Gasteiger partial charge in [-0.05, 0) is 56.2 Å². The SMILES string of the molecule is Cc1ccc(NC(=O)C(C)N2C(=O)c3ccccc3S2(=O)=O)cc1C. The van der Waals surface area contributed by atoms with Crippen molar-refractivity contribution in [2.45, 2.75) is 31.7 Å². The number of amides is 2. The van der Waals surface area contributed by atoms with E-state index in [1.165, 1.54) is 19.1 Å². The van der Waals surface area contributed by atoms with Crippen LogP contribution < -0.4 is 5.32 Å². The quantitative estimate of drug-likeness (QED) is 0.914. The zero-order chi connectivity index (χ0) is 18.4. The Morgan fingerprint density at radius 1 is 1.08 bits per heavy atom. The third-order valence-corrected chi connectivity index (χ3v) is 6.27. The molecule has 0 fully saturated rings. The molecule has 2 amide bonds. The summed E-state index contributed by atoms with van der Waals surface area (Å²) in [5, 5.41) is 2.67. The van der Waals surface area contributed by atoms with Gasteiger partial charge in [0.2, 0.25) is 5.91 Å². The number of aryl methyl sites for hydroxylation is 2. The van der Waals surface area contributed by atoms with Crippen molar-refractivity contribution >= 4 is 27.5 Å². The summed E-state index contributed by atoms with van der Waals surface area (Å²) in [6.45, 7) is 5.27. The van der Waals surface area contributed by atoms with Crippen LogP contribution >= 0.6 is 0 Å². The molecule has 0 saturated heterocycles. The highest BCUT2D eigenvalue weighted by Crippen LogP contribution is 2.31. The number of nitrogens with zero attached hydrogens (tertiary/aromatic N) is 1. The van der Waals surface area contributed by atoms with Crippen LogP contribution in [0.1, 0.15) is 28.4 Å². The van der Waals surface area contributed by atoms with Gasteiger partial charge in [0.1, 0.15) is 10.9 Å². The summed E-state index contributed by atoms with van der Waals surface area (Å²) in [7, 11) is -4.02. The molecular weight excluding hydrogens is 340 g/mol. The maximum absolute atomic E-state index is 12.6. The molecule has 0 saturated carbocycles. The van der Waals surface area contributed by atoms with Crippen molar-refractivity contribution < 1.29 is 18.0 Å². The second kappa shape index (κ2) is 6.00. The van der Waals surface area contributed by atoms with Gasteiger partial charge in [0.25, 0.3) is 15.9 Å². The lowest BCUT2D eigenvalue weighted by Gasteiger charge is -2.22. The summed E-state index contributed by atoms with van der Waals surface area (Å²) in [6, 6.07) is 10.2. The van der Waals surface area contributed by atoms with Crippen molar-refractivity contribution in [3.05, 3.63) is 59.2 Å². The molecule has 130 valence electrons. The molecule has 7 heteroatoms. The van der Waals surface area contributed by atoms with Gasteiger partial charge in [-0.2, -0.15) is 0 Å². The van der Waals surface area contributed by atoms with Crippen LogP contribution in [0.15, 0.2) is 47.4 Å². The van der Waals surface area contributed by atoms with E-state index in [1.807, 2.05) is 19.9 Å². The Morgan fingerprint density at radius 2 is 1.76 bits per heavy atom. The summed E-state index contributed by atoms with van der Waals surface area (Å²) < 4.78 is 25.9. The van der Waals surface area contributed by atoms with E-state index in [9.17, 15) is 18.0 Å². The Balaban J connectivity index is 1.88. The molecule has 0 aromatic heterocycles. The van der Waals surface area contributed by atoms with Crippen LogP contribution in [0.3, 0.4) is 0 Å². The number of hydrogen-bond acceptors (Lipinski definition) is 4. The largest absolute Gasteiger partial charge is 0.324 e. The molecule has 1 aliphatic heterocycles. The number of sulfonamides is 1. The number of carbonyl (C=O) groups excluding carboxylic acids is 2. The van der Waals surface area contributed by atoms with Gasteiger partial charge < -0.3 is 5.32 Å². The average Bonchev–Trinajstić information content (AvgIpc) is 2.77. The summed E-state index contributed by atoms with van der Waals surface area (Å²) in [4.78, 5) is 24.9. The topological polar surface area (TPSA) is 83.6 Å². The molecule has 3 rings (SSSR count). The first kappa shape index (κ1) is 17.2. The number of hydrogen-bond donors (Lipinski definition) is 1. The molecule has 0 bridgehead atoms. The van der Waals surface area contributed by atoms with Gasteiger partial charge in [0.15, 0.2) is 0 Å². The molecule has 1 heterocycles. The lowest BCUT2D eigenvalue weighted by molar-refractivity contribution is -0.118. The zero-order valence-electron chi connectivity index (χ0n) is 14.1. The van der Waals surface area contributed by atoms with Crippen molar-refractivity contribution in [2.75, 3.05) is 5.32 Å². The van der Waals surface area contributed by atoms with Crippen molar-refractivity contribution in [2.24, 2.45) is 0 Å². The minimum atomic E-state index is -4.02.